The molecule has 5 rings (SSSR count). The lowest BCUT2D eigenvalue weighted by Crippen LogP contribution is -2.24. The van der Waals surface area contributed by atoms with Gasteiger partial charge in [-0.15, -0.1) is 0 Å². The predicted molar refractivity (Wildman–Crippen MR) is 87.3 cm³/mol. The van der Waals surface area contributed by atoms with Crippen LogP contribution in [0.4, 0.5) is 0 Å². The molecular formula is C18H15N3O5. The molecule has 0 N–H and O–H groups in total. The molecule has 132 valence electrons. The standard InChI is InChI=1S/C18H15N3O5/c22-16-7-12(17-19-18(26-20-17)14-2-1-5-23-14)9-21(16)8-11-3-4-13-15(6-11)25-10-24-13/h1-6,12H,7-10H2. The van der Waals surface area contributed by atoms with Gasteiger partial charge in [-0.1, -0.05) is 11.2 Å². The maximum Gasteiger partial charge on any atom is 0.293 e. The van der Waals surface area contributed by atoms with Gasteiger partial charge in [0.25, 0.3) is 5.89 Å². The van der Waals surface area contributed by atoms with Crippen molar-refractivity contribution in [2.45, 2.75) is 18.9 Å². The van der Waals surface area contributed by atoms with Gasteiger partial charge < -0.3 is 23.3 Å². The number of furan rings is 1. The number of likely N-dealkylation sites (tertiary alicyclic amines) is 1. The molecule has 0 spiro atoms. The first kappa shape index (κ1) is 15.0. The summed E-state index contributed by atoms with van der Waals surface area (Å²) < 4.78 is 21.2. The van der Waals surface area contributed by atoms with Crippen LogP contribution >= 0.6 is 0 Å². The lowest BCUT2D eigenvalue weighted by atomic mass is 10.1. The average molecular weight is 353 g/mol. The lowest BCUT2D eigenvalue weighted by Gasteiger charge is -2.16. The van der Waals surface area contributed by atoms with Gasteiger partial charge in [-0.05, 0) is 29.8 Å². The minimum Gasteiger partial charge on any atom is -0.459 e. The van der Waals surface area contributed by atoms with Gasteiger partial charge in [-0.3, -0.25) is 4.79 Å². The van der Waals surface area contributed by atoms with Crippen molar-refractivity contribution < 1.29 is 23.2 Å². The van der Waals surface area contributed by atoms with E-state index in [4.69, 9.17) is 18.4 Å². The first-order valence-electron chi connectivity index (χ1n) is 8.30. The van der Waals surface area contributed by atoms with E-state index in [0.717, 1.165) is 11.3 Å². The molecule has 0 bridgehead atoms. The lowest BCUT2D eigenvalue weighted by molar-refractivity contribution is -0.128. The van der Waals surface area contributed by atoms with Gasteiger partial charge in [0, 0.05) is 25.4 Å². The molecule has 0 saturated carbocycles. The maximum absolute atomic E-state index is 12.4. The summed E-state index contributed by atoms with van der Waals surface area (Å²) in [6.07, 6.45) is 1.91. The second kappa shape index (κ2) is 5.91. The minimum atomic E-state index is -0.0935. The summed E-state index contributed by atoms with van der Waals surface area (Å²) in [5, 5.41) is 4.02. The highest BCUT2D eigenvalue weighted by Gasteiger charge is 2.34. The summed E-state index contributed by atoms with van der Waals surface area (Å²) in [5.41, 5.74) is 0.993. The van der Waals surface area contributed by atoms with E-state index in [9.17, 15) is 4.79 Å². The maximum atomic E-state index is 12.4. The summed E-state index contributed by atoms with van der Waals surface area (Å²) in [6, 6.07) is 9.22. The Hall–Kier alpha value is -3.29. The van der Waals surface area contributed by atoms with Crippen molar-refractivity contribution in [3.63, 3.8) is 0 Å². The van der Waals surface area contributed by atoms with Gasteiger partial charge in [-0.2, -0.15) is 4.98 Å². The van der Waals surface area contributed by atoms with Crippen molar-refractivity contribution >= 4 is 5.91 Å². The molecule has 1 saturated heterocycles. The molecule has 0 aliphatic carbocycles. The van der Waals surface area contributed by atoms with E-state index in [0.29, 0.717) is 42.7 Å². The van der Waals surface area contributed by atoms with Crippen LogP contribution in [0.25, 0.3) is 11.7 Å². The molecule has 4 heterocycles. The SMILES string of the molecule is O=C1CC(c2noc(-c3ccco3)n2)CN1Cc1ccc2c(c1)OCO2. The third kappa shape index (κ3) is 2.59. The number of hydrogen-bond donors (Lipinski definition) is 0. The van der Waals surface area contributed by atoms with E-state index < -0.39 is 0 Å². The zero-order chi connectivity index (χ0) is 17.5. The Morgan fingerprint density at radius 1 is 1.19 bits per heavy atom. The van der Waals surface area contributed by atoms with Crippen molar-refractivity contribution in [3.05, 3.63) is 48.0 Å². The number of rotatable bonds is 4. The van der Waals surface area contributed by atoms with Crippen LogP contribution in [0.1, 0.15) is 23.7 Å². The summed E-state index contributed by atoms with van der Waals surface area (Å²) in [5.74, 6) is 2.79. The number of carbonyl (C=O) groups excluding carboxylic acids is 1. The number of fused-ring (bicyclic) bond motifs is 1. The van der Waals surface area contributed by atoms with Crippen LogP contribution in [0.3, 0.4) is 0 Å². The van der Waals surface area contributed by atoms with Crippen LogP contribution in [0.5, 0.6) is 11.5 Å². The second-order valence-electron chi connectivity index (χ2n) is 6.30. The van der Waals surface area contributed by atoms with E-state index in [2.05, 4.69) is 10.1 Å². The average Bonchev–Trinajstić information content (AvgIpc) is 3.42. The molecule has 1 amide bonds. The van der Waals surface area contributed by atoms with E-state index >= 15 is 0 Å². The molecule has 3 aromatic rings. The fourth-order valence-corrected chi connectivity index (χ4v) is 3.26. The Morgan fingerprint density at radius 3 is 3.00 bits per heavy atom. The zero-order valence-electron chi connectivity index (χ0n) is 13.8. The number of hydrogen-bond acceptors (Lipinski definition) is 7. The summed E-state index contributed by atoms with van der Waals surface area (Å²) in [7, 11) is 0. The Morgan fingerprint density at radius 2 is 2.12 bits per heavy atom. The molecule has 2 aliphatic heterocycles. The first-order chi connectivity index (χ1) is 12.8. The van der Waals surface area contributed by atoms with E-state index in [1.54, 1.807) is 23.3 Å². The largest absolute Gasteiger partial charge is 0.459 e. The highest BCUT2D eigenvalue weighted by molar-refractivity contribution is 5.79. The smallest absolute Gasteiger partial charge is 0.293 e. The van der Waals surface area contributed by atoms with Crippen LogP contribution in [-0.2, 0) is 11.3 Å². The highest BCUT2D eigenvalue weighted by Crippen LogP contribution is 2.34. The molecule has 1 unspecified atom stereocenters. The van der Waals surface area contributed by atoms with Crippen molar-refractivity contribution in [1.29, 1.82) is 0 Å². The summed E-state index contributed by atoms with van der Waals surface area (Å²) in [4.78, 5) is 18.6. The van der Waals surface area contributed by atoms with Crippen molar-refractivity contribution in [2.75, 3.05) is 13.3 Å². The predicted octanol–water partition coefficient (Wildman–Crippen LogP) is 2.57. The monoisotopic (exact) mass is 353 g/mol. The fourth-order valence-electron chi connectivity index (χ4n) is 3.26. The first-order valence-corrected chi connectivity index (χ1v) is 8.30. The van der Waals surface area contributed by atoms with Gasteiger partial charge in [0.2, 0.25) is 12.7 Å². The molecule has 1 fully saturated rings. The third-order valence-electron chi connectivity index (χ3n) is 4.56. The van der Waals surface area contributed by atoms with Crippen LogP contribution in [0.2, 0.25) is 0 Å². The van der Waals surface area contributed by atoms with Crippen molar-refractivity contribution in [3.8, 4) is 23.1 Å². The molecule has 2 aliphatic rings. The van der Waals surface area contributed by atoms with Gasteiger partial charge in [-0.25, -0.2) is 0 Å². The van der Waals surface area contributed by atoms with Gasteiger partial charge in [0.05, 0.1) is 6.26 Å². The van der Waals surface area contributed by atoms with Crippen LogP contribution in [0.15, 0.2) is 45.5 Å². The number of nitrogens with zero attached hydrogens (tertiary/aromatic N) is 3. The molecule has 0 radical (unpaired) electrons. The minimum absolute atomic E-state index is 0.0667. The van der Waals surface area contributed by atoms with Crippen molar-refractivity contribution in [1.82, 2.24) is 15.0 Å². The molecule has 8 nitrogen and oxygen atoms in total. The molecule has 1 atom stereocenters. The molecular weight excluding hydrogens is 338 g/mol. The topological polar surface area (TPSA) is 90.8 Å². The molecule has 1 aromatic carbocycles. The van der Waals surface area contributed by atoms with E-state index in [1.807, 2.05) is 18.2 Å². The van der Waals surface area contributed by atoms with Crippen LogP contribution in [0, 0.1) is 0 Å². The quantitative estimate of drug-likeness (QED) is 0.712. The normalized spacial score (nSPS) is 18.7. The Labute approximate surface area is 148 Å². The van der Waals surface area contributed by atoms with Crippen molar-refractivity contribution in [2.24, 2.45) is 0 Å². The zero-order valence-corrected chi connectivity index (χ0v) is 13.8. The number of carbonyl (C=O) groups is 1. The third-order valence-corrected chi connectivity index (χ3v) is 4.56. The molecule has 8 heteroatoms. The number of amides is 1. The van der Waals surface area contributed by atoms with Gasteiger partial charge in [0.1, 0.15) is 0 Å². The fraction of sp³-hybridized carbons (Fsp3) is 0.278. The highest BCUT2D eigenvalue weighted by atomic mass is 16.7. The van der Waals surface area contributed by atoms with E-state index in [1.165, 1.54) is 0 Å². The Bertz CT molecular complexity index is 950. The Kier molecular flexibility index (Phi) is 3.41. The summed E-state index contributed by atoms with van der Waals surface area (Å²) in [6.45, 7) is 1.29. The molecule has 2 aromatic heterocycles. The van der Waals surface area contributed by atoms with Gasteiger partial charge >= 0.3 is 0 Å². The number of benzene rings is 1. The second-order valence-corrected chi connectivity index (χ2v) is 6.30. The summed E-state index contributed by atoms with van der Waals surface area (Å²) >= 11 is 0. The van der Waals surface area contributed by atoms with Crippen LogP contribution in [-0.4, -0.2) is 34.3 Å². The van der Waals surface area contributed by atoms with E-state index in [-0.39, 0.29) is 18.6 Å². The number of aromatic nitrogens is 2. The molecule has 26 heavy (non-hydrogen) atoms. The van der Waals surface area contributed by atoms with Gasteiger partial charge in [0.15, 0.2) is 23.1 Å². The number of ether oxygens (including phenoxy) is 2. The van der Waals surface area contributed by atoms with Crippen LogP contribution < -0.4 is 9.47 Å². The Balaban J connectivity index is 1.30.